The summed E-state index contributed by atoms with van der Waals surface area (Å²) in [5, 5.41) is 10.9. The summed E-state index contributed by atoms with van der Waals surface area (Å²) in [6.07, 6.45) is 7.85. The highest BCUT2D eigenvalue weighted by molar-refractivity contribution is 6.36. The Balaban J connectivity index is 1.26. The summed E-state index contributed by atoms with van der Waals surface area (Å²) in [5.41, 5.74) is 5.48. The van der Waals surface area contributed by atoms with Crippen LogP contribution in [0.4, 0.5) is 0 Å². The zero-order valence-electron chi connectivity index (χ0n) is 19.2. The smallest absolute Gasteiger partial charge is 0.248 e. The molecule has 5 aromatic rings. The number of hydrogen-bond acceptors (Lipinski definition) is 3. The summed E-state index contributed by atoms with van der Waals surface area (Å²) in [6, 6.07) is 26.5. The van der Waals surface area contributed by atoms with E-state index in [0.717, 1.165) is 33.4 Å². The molecule has 0 amide bonds. The molecule has 37 heavy (non-hydrogen) atoms. The molecule has 0 atom stereocenters. The van der Waals surface area contributed by atoms with Gasteiger partial charge in [-0.2, -0.15) is 0 Å². The van der Waals surface area contributed by atoms with Crippen LogP contribution in [-0.4, -0.2) is 10.2 Å². The first-order chi connectivity index (χ1) is 17.9. The van der Waals surface area contributed by atoms with E-state index in [-0.39, 0.29) is 0 Å². The molecule has 182 valence electrons. The number of halogens is 4. The first-order valence-corrected chi connectivity index (χ1v) is 12.8. The summed E-state index contributed by atoms with van der Waals surface area (Å²) >= 11 is 24.4. The first-order valence-electron chi connectivity index (χ1n) is 11.3. The molecule has 0 bridgehead atoms. The molecular formula is C30H18Cl4N2O. The molecule has 1 heterocycles. The standard InChI is InChI=1S/C30H18Cl4N2O/c31-25-15-13-21(27(33)17-25)7-1-19-3-9-23(10-4-19)29-35-36-30(37-29)24-11-5-20(6-12-24)2-8-22-14-16-26(32)18-28(22)34/h1-18H/b7-1+,8-2+. The van der Waals surface area contributed by atoms with Crippen molar-refractivity contribution in [2.45, 2.75) is 0 Å². The van der Waals surface area contributed by atoms with Crippen LogP contribution in [0.1, 0.15) is 22.3 Å². The lowest BCUT2D eigenvalue weighted by atomic mass is 10.1. The van der Waals surface area contributed by atoms with Crippen LogP contribution in [0.5, 0.6) is 0 Å². The van der Waals surface area contributed by atoms with Crippen molar-refractivity contribution in [1.29, 1.82) is 0 Å². The lowest BCUT2D eigenvalue weighted by molar-refractivity contribution is 0.584. The number of rotatable bonds is 6. The normalized spacial score (nSPS) is 11.6. The van der Waals surface area contributed by atoms with Crippen molar-refractivity contribution >= 4 is 70.7 Å². The molecule has 0 aliphatic carbocycles. The molecule has 0 aliphatic heterocycles. The highest BCUT2D eigenvalue weighted by Gasteiger charge is 2.10. The molecule has 5 rings (SSSR count). The molecule has 3 nitrogen and oxygen atoms in total. The van der Waals surface area contributed by atoms with Gasteiger partial charge in [0.15, 0.2) is 0 Å². The second-order valence-corrected chi connectivity index (χ2v) is 9.84. The third kappa shape index (κ3) is 6.33. The van der Waals surface area contributed by atoms with E-state index in [1.807, 2.05) is 97.1 Å². The van der Waals surface area contributed by atoms with Crippen LogP contribution < -0.4 is 0 Å². The predicted octanol–water partition coefficient (Wildman–Crippen LogP) is 10.4. The van der Waals surface area contributed by atoms with Crippen molar-refractivity contribution in [2.24, 2.45) is 0 Å². The molecule has 1 aromatic heterocycles. The third-order valence-electron chi connectivity index (χ3n) is 5.58. The average molecular weight is 564 g/mol. The van der Waals surface area contributed by atoms with Gasteiger partial charge in [-0.25, -0.2) is 0 Å². The van der Waals surface area contributed by atoms with Crippen LogP contribution in [0, 0.1) is 0 Å². The molecular weight excluding hydrogens is 546 g/mol. The molecule has 7 heteroatoms. The fourth-order valence-corrected chi connectivity index (χ4v) is 4.52. The van der Waals surface area contributed by atoms with Crippen LogP contribution in [0.3, 0.4) is 0 Å². The summed E-state index contributed by atoms with van der Waals surface area (Å²) < 4.78 is 5.93. The van der Waals surface area contributed by atoms with E-state index in [1.54, 1.807) is 12.1 Å². The molecule has 0 saturated carbocycles. The van der Waals surface area contributed by atoms with Crippen LogP contribution in [0.25, 0.3) is 47.2 Å². The Hall–Kier alpha value is -3.34. The summed E-state index contributed by atoms with van der Waals surface area (Å²) in [6.45, 7) is 0. The molecule has 0 unspecified atom stereocenters. The Morgan fingerprint density at radius 2 is 0.892 bits per heavy atom. The molecule has 0 fully saturated rings. The van der Waals surface area contributed by atoms with Gasteiger partial charge in [-0.15, -0.1) is 10.2 Å². The second-order valence-electron chi connectivity index (χ2n) is 8.15. The maximum absolute atomic E-state index is 6.24. The van der Waals surface area contributed by atoms with Gasteiger partial charge in [0.05, 0.1) is 0 Å². The summed E-state index contributed by atoms with van der Waals surface area (Å²) in [4.78, 5) is 0. The quantitative estimate of drug-likeness (QED) is 0.193. The lowest BCUT2D eigenvalue weighted by Gasteiger charge is -2.00. The van der Waals surface area contributed by atoms with Crippen molar-refractivity contribution in [3.05, 3.63) is 127 Å². The Bertz CT molecular complexity index is 1480. The fraction of sp³-hybridized carbons (Fsp3) is 0. The third-order valence-corrected chi connectivity index (χ3v) is 6.70. The van der Waals surface area contributed by atoms with Gasteiger partial charge in [-0.1, -0.05) is 107 Å². The van der Waals surface area contributed by atoms with E-state index in [1.165, 1.54) is 0 Å². The highest BCUT2D eigenvalue weighted by atomic mass is 35.5. The van der Waals surface area contributed by atoms with Crippen LogP contribution >= 0.6 is 46.4 Å². The number of benzene rings is 4. The zero-order valence-corrected chi connectivity index (χ0v) is 22.2. The van der Waals surface area contributed by atoms with E-state index in [2.05, 4.69) is 10.2 Å². The minimum atomic E-state index is 0.452. The molecule has 0 aliphatic rings. The van der Waals surface area contributed by atoms with Gasteiger partial charge in [0.1, 0.15) is 0 Å². The highest BCUT2D eigenvalue weighted by Crippen LogP contribution is 2.27. The van der Waals surface area contributed by atoms with Gasteiger partial charge >= 0.3 is 0 Å². The molecule has 0 N–H and O–H groups in total. The topological polar surface area (TPSA) is 38.9 Å². The van der Waals surface area contributed by atoms with E-state index in [4.69, 9.17) is 50.8 Å². The Labute approximate surface area is 234 Å². The Morgan fingerprint density at radius 1 is 0.486 bits per heavy atom. The van der Waals surface area contributed by atoms with Crippen molar-refractivity contribution in [3.8, 4) is 22.9 Å². The molecule has 0 spiro atoms. The molecule has 0 saturated heterocycles. The monoisotopic (exact) mass is 562 g/mol. The van der Waals surface area contributed by atoms with Crippen molar-refractivity contribution in [1.82, 2.24) is 10.2 Å². The minimum Gasteiger partial charge on any atom is -0.416 e. The second kappa shape index (κ2) is 11.4. The Morgan fingerprint density at radius 3 is 1.27 bits per heavy atom. The van der Waals surface area contributed by atoms with Gasteiger partial charge in [0.2, 0.25) is 11.8 Å². The maximum Gasteiger partial charge on any atom is 0.248 e. The minimum absolute atomic E-state index is 0.452. The van der Waals surface area contributed by atoms with Crippen LogP contribution in [0.15, 0.2) is 89.3 Å². The van der Waals surface area contributed by atoms with E-state index >= 15 is 0 Å². The van der Waals surface area contributed by atoms with Crippen LogP contribution in [-0.2, 0) is 0 Å². The maximum atomic E-state index is 6.24. The summed E-state index contributed by atoms with van der Waals surface area (Å²) in [5.74, 6) is 0.903. The van der Waals surface area contributed by atoms with E-state index in [0.29, 0.717) is 31.9 Å². The number of nitrogens with zero attached hydrogens (tertiary/aromatic N) is 2. The summed E-state index contributed by atoms with van der Waals surface area (Å²) in [7, 11) is 0. The number of hydrogen-bond donors (Lipinski definition) is 0. The molecule has 0 radical (unpaired) electrons. The fourth-order valence-electron chi connectivity index (χ4n) is 3.58. The number of aromatic nitrogens is 2. The SMILES string of the molecule is Clc1ccc(/C=C/c2ccc(-c3nnc(-c4ccc(/C=C/c5ccc(Cl)cc5Cl)cc4)o3)cc2)c(Cl)c1. The van der Waals surface area contributed by atoms with Gasteiger partial charge in [-0.05, 0) is 70.8 Å². The van der Waals surface area contributed by atoms with Gasteiger partial charge in [-0.3, -0.25) is 0 Å². The average Bonchev–Trinajstić information content (AvgIpc) is 3.39. The van der Waals surface area contributed by atoms with Crippen LogP contribution in [0.2, 0.25) is 20.1 Å². The van der Waals surface area contributed by atoms with E-state index < -0.39 is 0 Å². The molecule has 4 aromatic carbocycles. The lowest BCUT2D eigenvalue weighted by Crippen LogP contribution is -1.79. The Kier molecular flexibility index (Phi) is 7.78. The van der Waals surface area contributed by atoms with Gasteiger partial charge in [0.25, 0.3) is 0 Å². The van der Waals surface area contributed by atoms with Crippen molar-refractivity contribution in [2.75, 3.05) is 0 Å². The predicted molar refractivity (Wildman–Crippen MR) is 156 cm³/mol. The largest absolute Gasteiger partial charge is 0.416 e. The van der Waals surface area contributed by atoms with E-state index in [9.17, 15) is 0 Å². The van der Waals surface area contributed by atoms with Gasteiger partial charge < -0.3 is 4.42 Å². The zero-order chi connectivity index (χ0) is 25.8. The first kappa shape index (κ1) is 25.3. The van der Waals surface area contributed by atoms with Crippen molar-refractivity contribution < 1.29 is 4.42 Å². The van der Waals surface area contributed by atoms with Crippen molar-refractivity contribution in [3.63, 3.8) is 0 Å². The van der Waals surface area contributed by atoms with Gasteiger partial charge in [0, 0.05) is 31.2 Å².